The van der Waals surface area contributed by atoms with Crippen LogP contribution in [0.1, 0.15) is 58.8 Å². The molecule has 0 aliphatic heterocycles. The van der Waals surface area contributed by atoms with Gasteiger partial charge < -0.3 is 10.6 Å². The first-order valence-corrected chi connectivity index (χ1v) is 7.55. The first kappa shape index (κ1) is 13.7. The summed E-state index contributed by atoms with van der Waals surface area (Å²) in [6, 6.07) is 0.665. The minimum Gasteiger partial charge on any atom is -0.370 e. The van der Waals surface area contributed by atoms with Crippen molar-refractivity contribution in [3.63, 3.8) is 0 Å². The van der Waals surface area contributed by atoms with Gasteiger partial charge in [-0.25, -0.2) is 0 Å². The molecule has 2 rings (SSSR count). The fourth-order valence-corrected chi connectivity index (χ4v) is 3.43. The summed E-state index contributed by atoms with van der Waals surface area (Å²) in [5.74, 6) is 1.52. The Morgan fingerprint density at radius 3 is 2.44 bits per heavy atom. The smallest absolute Gasteiger partial charge is 0.191 e. The van der Waals surface area contributed by atoms with Gasteiger partial charge in [0, 0.05) is 19.6 Å². The summed E-state index contributed by atoms with van der Waals surface area (Å²) in [6.07, 6.45) is 9.30. The number of aliphatic imine (C=N–C) groups is 1. The summed E-state index contributed by atoms with van der Waals surface area (Å²) in [4.78, 5) is 6.88. The SMILES string of the molecule is CC(C)CC1(CN=C(N)N(C)C2CC2)CCCC1. The predicted molar refractivity (Wildman–Crippen MR) is 77.6 cm³/mol. The highest BCUT2D eigenvalue weighted by molar-refractivity contribution is 5.78. The Labute approximate surface area is 112 Å². The Bertz CT molecular complexity index is 299. The molecule has 2 saturated carbocycles. The van der Waals surface area contributed by atoms with Crippen molar-refractivity contribution in [2.24, 2.45) is 22.1 Å². The van der Waals surface area contributed by atoms with Crippen LogP contribution in [-0.4, -0.2) is 30.5 Å². The van der Waals surface area contributed by atoms with E-state index in [1.165, 1.54) is 44.9 Å². The first-order valence-electron chi connectivity index (χ1n) is 7.55. The quantitative estimate of drug-likeness (QED) is 0.603. The van der Waals surface area contributed by atoms with Gasteiger partial charge in [0.1, 0.15) is 0 Å². The molecule has 0 radical (unpaired) electrons. The fraction of sp³-hybridized carbons (Fsp3) is 0.933. The molecule has 104 valence electrons. The third-order valence-corrected chi connectivity index (χ3v) is 4.54. The lowest BCUT2D eigenvalue weighted by molar-refractivity contribution is 0.244. The van der Waals surface area contributed by atoms with Crippen LogP contribution in [0.15, 0.2) is 4.99 Å². The Hall–Kier alpha value is -0.730. The molecule has 0 atom stereocenters. The maximum Gasteiger partial charge on any atom is 0.191 e. The van der Waals surface area contributed by atoms with E-state index in [9.17, 15) is 0 Å². The van der Waals surface area contributed by atoms with Gasteiger partial charge in [0.2, 0.25) is 0 Å². The van der Waals surface area contributed by atoms with E-state index in [1.807, 2.05) is 0 Å². The molecule has 18 heavy (non-hydrogen) atoms. The standard InChI is InChI=1S/C15H29N3/c1-12(2)10-15(8-4-5-9-15)11-17-14(16)18(3)13-6-7-13/h12-13H,4-11H2,1-3H3,(H2,16,17). The second-order valence-corrected chi connectivity index (χ2v) is 6.82. The molecule has 3 nitrogen and oxygen atoms in total. The zero-order valence-corrected chi connectivity index (χ0v) is 12.3. The molecule has 0 unspecified atom stereocenters. The Morgan fingerprint density at radius 2 is 1.94 bits per heavy atom. The second-order valence-electron chi connectivity index (χ2n) is 6.82. The number of nitrogens with two attached hydrogens (primary N) is 1. The summed E-state index contributed by atoms with van der Waals surface area (Å²) in [5, 5.41) is 0. The molecule has 0 spiro atoms. The molecule has 0 amide bonds. The zero-order chi connectivity index (χ0) is 13.2. The maximum atomic E-state index is 6.10. The monoisotopic (exact) mass is 251 g/mol. The van der Waals surface area contributed by atoms with Gasteiger partial charge in [-0.1, -0.05) is 26.7 Å². The summed E-state index contributed by atoms with van der Waals surface area (Å²) >= 11 is 0. The van der Waals surface area contributed by atoms with Crippen LogP contribution in [-0.2, 0) is 0 Å². The van der Waals surface area contributed by atoms with Crippen LogP contribution in [0.25, 0.3) is 0 Å². The van der Waals surface area contributed by atoms with E-state index >= 15 is 0 Å². The largest absolute Gasteiger partial charge is 0.370 e. The Kier molecular flexibility index (Phi) is 4.18. The van der Waals surface area contributed by atoms with Gasteiger partial charge in [-0.3, -0.25) is 4.99 Å². The highest BCUT2D eigenvalue weighted by atomic mass is 15.3. The minimum atomic E-state index is 0.448. The van der Waals surface area contributed by atoms with E-state index in [2.05, 4.69) is 25.8 Å². The molecular formula is C15H29N3. The summed E-state index contributed by atoms with van der Waals surface area (Å²) in [6.45, 7) is 5.58. The van der Waals surface area contributed by atoms with E-state index in [0.717, 1.165) is 18.4 Å². The number of guanidine groups is 1. The molecule has 2 aliphatic carbocycles. The van der Waals surface area contributed by atoms with Crippen LogP contribution in [0.2, 0.25) is 0 Å². The average molecular weight is 251 g/mol. The van der Waals surface area contributed by atoms with Gasteiger partial charge in [-0.15, -0.1) is 0 Å². The van der Waals surface area contributed by atoms with Crippen LogP contribution in [0.5, 0.6) is 0 Å². The summed E-state index contributed by atoms with van der Waals surface area (Å²) in [7, 11) is 2.08. The molecule has 0 aromatic carbocycles. The van der Waals surface area contributed by atoms with Crippen molar-refractivity contribution in [3.8, 4) is 0 Å². The van der Waals surface area contributed by atoms with Crippen molar-refractivity contribution in [3.05, 3.63) is 0 Å². The Morgan fingerprint density at radius 1 is 1.33 bits per heavy atom. The van der Waals surface area contributed by atoms with Crippen molar-refractivity contribution in [2.75, 3.05) is 13.6 Å². The number of hydrogen-bond donors (Lipinski definition) is 1. The van der Waals surface area contributed by atoms with Gasteiger partial charge >= 0.3 is 0 Å². The highest BCUT2D eigenvalue weighted by Gasteiger charge is 2.34. The maximum absolute atomic E-state index is 6.10. The van der Waals surface area contributed by atoms with Crippen LogP contribution in [0, 0.1) is 11.3 Å². The third kappa shape index (κ3) is 3.39. The predicted octanol–water partition coefficient (Wildman–Crippen LogP) is 3.00. The molecule has 0 bridgehead atoms. The lowest BCUT2D eigenvalue weighted by atomic mass is 9.78. The van der Waals surface area contributed by atoms with Crippen molar-refractivity contribution >= 4 is 5.96 Å². The van der Waals surface area contributed by atoms with Crippen LogP contribution in [0.4, 0.5) is 0 Å². The van der Waals surface area contributed by atoms with E-state index in [4.69, 9.17) is 10.7 Å². The number of rotatable bonds is 5. The molecule has 2 fully saturated rings. The summed E-state index contributed by atoms with van der Waals surface area (Å²) < 4.78 is 0. The van der Waals surface area contributed by atoms with Crippen molar-refractivity contribution in [1.82, 2.24) is 4.90 Å². The zero-order valence-electron chi connectivity index (χ0n) is 12.3. The van der Waals surface area contributed by atoms with E-state index < -0.39 is 0 Å². The molecule has 0 saturated heterocycles. The fourth-order valence-electron chi connectivity index (χ4n) is 3.43. The van der Waals surface area contributed by atoms with Crippen LogP contribution >= 0.6 is 0 Å². The summed E-state index contributed by atoms with van der Waals surface area (Å²) in [5.41, 5.74) is 6.55. The van der Waals surface area contributed by atoms with Crippen LogP contribution < -0.4 is 5.73 Å². The minimum absolute atomic E-state index is 0.448. The Balaban J connectivity index is 1.94. The van der Waals surface area contributed by atoms with Gasteiger partial charge in [0.25, 0.3) is 0 Å². The number of hydrogen-bond acceptors (Lipinski definition) is 1. The lowest BCUT2D eigenvalue weighted by Gasteiger charge is -2.30. The van der Waals surface area contributed by atoms with E-state index in [0.29, 0.717) is 11.5 Å². The third-order valence-electron chi connectivity index (χ3n) is 4.54. The lowest BCUT2D eigenvalue weighted by Crippen LogP contribution is -2.37. The van der Waals surface area contributed by atoms with Crippen molar-refractivity contribution < 1.29 is 0 Å². The molecule has 2 N–H and O–H groups in total. The van der Waals surface area contributed by atoms with Gasteiger partial charge in [0.15, 0.2) is 5.96 Å². The molecule has 0 heterocycles. The number of nitrogens with zero attached hydrogens (tertiary/aromatic N) is 2. The van der Waals surface area contributed by atoms with Crippen LogP contribution in [0.3, 0.4) is 0 Å². The highest BCUT2D eigenvalue weighted by Crippen LogP contribution is 2.43. The van der Waals surface area contributed by atoms with Gasteiger partial charge in [-0.05, 0) is 43.4 Å². The van der Waals surface area contributed by atoms with Crippen molar-refractivity contribution in [2.45, 2.75) is 64.8 Å². The van der Waals surface area contributed by atoms with E-state index in [1.54, 1.807) is 0 Å². The molecule has 0 aromatic heterocycles. The van der Waals surface area contributed by atoms with Gasteiger partial charge in [0.05, 0.1) is 0 Å². The topological polar surface area (TPSA) is 41.6 Å². The van der Waals surface area contributed by atoms with E-state index in [-0.39, 0.29) is 0 Å². The normalized spacial score (nSPS) is 23.7. The molecular weight excluding hydrogens is 222 g/mol. The average Bonchev–Trinajstić information content (AvgIpc) is 3.07. The first-order chi connectivity index (χ1) is 8.52. The molecule has 3 heteroatoms. The molecule has 0 aromatic rings. The van der Waals surface area contributed by atoms with Crippen molar-refractivity contribution in [1.29, 1.82) is 0 Å². The van der Waals surface area contributed by atoms with Gasteiger partial charge in [-0.2, -0.15) is 0 Å². The molecule has 2 aliphatic rings. The second kappa shape index (κ2) is 5.50.